The number of nitrogens with zero attached hydrogens (tertiary/aromatic N) is 2. The monoisotopic (exact) mass is 669 g/mol. The molecule has 0 saturated carbocycles. The van der Waals surface area contributed by atoms with Crippen LogP contribution in [0.25, 0.3) is 0 Å². The van der Waals surface area contributed by atoms with Crippen molar-refractivity contribution in [2.75, 3.05) is 29.9 Å². The van der Waals surface area contributed by atoms with E-state index >= 15 is 0 Å². The summed E-state index contributed by atoms with van der Waals surface area (Å²) in [4.78, 5) is 33.9. The Kier molecular flexibility index (Phi) is 14.5. The highest BCUT2D eigenvalue weighted by molar-refractivity contribution is 8.08. The zero-order valence-electron chi connectivity index (χ0n) is 24.1. The Labute approximate surface area is 267 Å². The first-order valence-electron chi connectivity index (χ1n) is 13.6. The summed E-state index contributed by atoms with van der Waals surface area (Å²) >= 11 is 1.64. The number of aliphatic imine (C=N–C) groups is 2. The van der Waals surface area contributed by atoms with Crippen LogP contribution in [-0.2, 0) is 19.4 Å². The normalized spacial score (nSPS) is 15.1. The topological polar surface area (TPSA) is 256 Å². The number of carbonyl (C=O) groups excluding carboxylic acids is 2. The molecule has 0 bridgehead atoms. The van der Waals surface area contributed by atoms with Crippen molar-refractivity contribution in [3.8, 4) is 11.5 Å². The maximum Gasteiger partial charge on any atom is 0.246 e. The van der Waals surface area contributed by atoms with E-state index in [9.17, 15) is 18.0 Å². The molecular weight excluding hydrogens is 630 g/mol. The van der Waals surface area contributed by atoms with Gasteiger partial charge in [0.2, 0.25) is 11.8 Å². The molecule has 17 heteroatoms. The number of sulfone groups is 1. The molecule has 1 fully saturated rings. The molecule has 2 aromatic carbocycles. The molecule has 3 rings (SSSR count). The maximum atomic E-state index is 13.1. The van der Waals surface area contributed by atoms with Gasteiger partial charge in [-0.3, -0.25) is 19.6 Å². The van der Waals surface area contributed by atoms with Gasteiger partial charge in [0.1, 0.15) is 17.5 Å². The van der Waals surface area contributed by atoms with Crippen molar-refractivity contribution in [3.05, 3.63) is 48.5 Å². The lowest BCUT2D eigenvalue weighted by atomic mass is 10.1. The molecule has 1 unspecified atom stereocenters. The fourth-order valence-corrected chi connectivity index (χ4v) is 6.57. The van der Waals surface area contributed by atoms with E-state index in [4.69, 9.17) is 33.4 Å². The van der Waals surface area contributed by atoms with Crippen molar-refractivity contribution in [3.63, 3.8) is 0 Å². The first kappa shape index (κ1) is 36.5. The SMILES string of the molecule is Cl.NC(N)=NCCC[C@H](NC(=O)[C@@H](N)CCCN=C(N)N)C(=O)Nc1ccc(Oc2ccc(S(=O)(=O)CC3CS3)cc2)cc1. The molecule has 1 aliphatic heterocycles. The number of benzene rings is 2. The van der Waals surface area contributed by atoms with Crippen LogP contribution in [0.5, 0.6) is 11.5 Å². The Morgan fingerprint density at radius 2 is 1.41 bits per heavy atom. The molecule has 0 spiro atoms. The van der Waals surface area contributed by atoms with Crippen LogP contribution in [0.1, 0.15) is 25.7 Å². The second kappa shape index (κ2) is 17.5. The third kappa shape index (κ3) is 12.9. The molecule has 2 aromatic rings. The quantitative estimate of drug-likeness (QED) is 0.0532. The number of nitrogens with two attached hydrogens (primary N) is 5. The van der Waals surface area contributed by atoms with E-state index in [0.717, 1.165) is 5.75 Å². The summed E-state index contributed by atoms with van der Waals surface area (Å²) in [5.41, 5.74) is 27.8. The number of anilines is 1. The molecule has 44 heavy (non-hydrogen) atoms. The minimum atomic E-state index is -3.32. The number of thioether (sulfide) groups is 1. The highest BCUT2D eigenvalue weighted by atomic mass is 35.5. The number of amides is 2. The van der Waals surface area contributed by atoms with Crippen LogP contribution in [0, 0.1) is 0 Å². The lowest BCUT2D eigenvalue weighted by molar-refractivity contribution is -0.127. The number of rotatable bonds is 17. The summed E-state index contributed by atoms with van der Waals surface area (Å²) in [6.07, 6.45) is 1.51. The predicted octanol–water partition coefficient (Wildman–Crippen LogP) is 0.648. The van der Waals surface area contributed by atoms with Gasteiger partial charge in [-0.2, -0.15) is 11.8 Å². The Bertz CT molecular complexity index is 1400. The van der Waals surface area contributed by atoms with E-state index in [1.54, 1.807) is 48.2 Å². The van der Waals surface area contributed by atoms with Crippen LogP contribution in [0.3, 0.4) is 0 Å². The van der Waals surface area contributed by atoms with Crippen LogP contribution in [-0.4, -0.2) is 74.1 Å². The van der Waals surface area contributed by atoms with Crippen LogP contribution in [0.15, 0.2) is 63.4 Å². The van der Waals surface area contributed by atoms with Crippen molar-refractivity contribution in [1.29, 1.82) is 0 Å². The fourth-order valence-electron chi connectivity index (χ4n) is 3.89. The largest absolute Gasteiger partial charge is 0.457 e. The summed E-state index contributed by atoms with van der Waals surface area (Å²) < 4.78 is 30.7. The van der Waals surface area contributed by atoms with Crippen molar-refractivity contribution in [2.45, 2.75) is 47.9 Å². The van der Waals surface area contributed by atoms with Crippen molar-refractivity contribution in [2.24, 2.45) is 38.7 Å². The number of carbonyl (C=O) groups is 2. The van der Waals surface area contributed by atoms with Crippen molar-refractivity contribution < 1.29 is 22.7 Å². The zero-order chi connectivity index (χ0) is 31.4. The molecule has 2 amide bonds. The number of nitrogens with one attached hydrogen (secondary N) is 2. The second-order valence-corrected chi connectivity index (χ2v) is 13.3. The molecule has 1 saturated heterocycles. The standard InChI is InChI=1S/C27H39N9O5S2.ClH/c28-22(3-1-13-33-26(29)30)24(37)36-23(4-2-14-34-27(31)32)25(38)35-17-5-7-18(8-6-17)41-19-9-11-21(12-10-19)43(39,40)16-20-15-42-20;/h5-12,20,22-23H,1-4,13-16,28H2,(H,35,38)(H,36,37)(H4,29,30,33)(H4,31,32,34);1H/t20?,22-,23-;/m0./s1. The van der Waals surface area contributed by atoms with Gasteiger partial charge in [-0.1, -0.05) is 0 Å². The van der Waals surface area contributed by atoms with Gasteiger partial charge in [0.05, 0.1) is 16.7 Å². The van der Waals surface area contributed by atoms with Gasteiger partial charge in [-0.25, -0.2) is 8.42 Å². The molecule has 0 aliphatic carbocycles. The van der Waals surface area contributed by atoms with Crippen LogP contribution in [0.2, 0.25) is 0 Å². The van der Waals surface area contributed by atoms with Gasteiger partial charge in [0, 0.05) is 29.8 Å². The van der Waals surface area contributed by atoms with Crippen molar-refractivity contribution >= 4 is 63.4 Å². The molecule has 12 N–H and O–H groups in total. The van der Waals surface area contributed by atoms with Gasteiger partial charge >= 0.3 is 0 Å². The summed E-state index contributed by atoms with van der Waals surface area (Å²) in [6, 6.07) is 11.1. The van der Waals surface area contributed by atoms with E-state index in [-0.39, 0.29) is 53.2 Å². The average Bonchev–Trinajstić information content (AvgIpc) is 3.77. The average molecular weight is 670 g/mol. The van der Waals surface area contributed by atoms with E-state index in [1.807, 2.05) is 0 Å². The van der Waals surface area contributed by atoms with Gasteiger partial charge < -0.3 is 44.0 Å². The van der Waals surface area contributed by atoms with Gasteiger partial charge in [0.15, 0.2) is 21.8 Å². The molecule has 242 valence electrons. The first-order chi connectivity index (χ1) is 20.4. The molecule has 1 aliphatic rings. The van der Waals surface area contributed by atoms with Gasteiger partial charge in [-0.05, 0) is 74.2 Å². The molecular formula is C27H40ClN9O5S2. The van der Waals surface area contributed by atoms with Gasteiger partial charge in [-0.15, -0.1) is 12.4 Å². The minimum Gasteiger partial charge on any atom is -0.457 e. The number of ether oxygens (including phenoxy) is 1. The Morgan fingerprint density at radius 1 is 0.886 bits per heavy atom. The molecule has 14 nitrogen and oxygen atoms in total. The number of guanidine groups is 2. The van der Waals surface area contributed by atoms with E-state index < -0.39 is 33.7 Å². The van der Waals surface area contributed by atoms with Crippen LogP contribution >= 0.6 is 24.2 Å². The number of hydrogen-bond acceptors (Lipinski definition) is 9. The molecule has 1 heterocycles. The van der Waals surface area contributed by atoms with Gasteiger partial charge in [0.25, 0.3) is 0 Å². The Balaban J connectivity index is 0.00000675. The second-order valence-electron chi connectivity index (χ2n) is 9.89. The van der Waals surface area contributed by atoms with E-state index in [2.05, 4.69) is 20.6 Å². The molecule has 0 radical (unpaired) electrons. The highest BCUT2D eigenvalue weighted by Gasteiger charge is 2.30. The van der Waals surface area contributed by atoms with Crippen LogP contribution < -0.4 is 44.0 Å². The third-order valence-corrected chi connectivity index (χ3v) is 9.24. The molecule has 0 aromatic heterocycles. The summed E-state index contributed by atoms with van der Waals surface area (Å²) in [5.74, 6) is 0.930. The first-order valence-corrected chi connectivity index (χ1v) is 16.3. The van der Waals surface area contributed by atoms with E-state index in [0.29, 0.717) is 43.0 Å². The summed E-state index contributed by atoms with van der Waals surface area (Å²) in [5, 5.41) is 5.68. The minimum absolute atomic E-state index is 0. The Morgan fingerprint density at radius 3 is 1.93 bits per heavy atom. The lowest BCUT2D eigenvalue weighted by Gasteiger charge is -2.20. The molecule has 3 atom stereocenters. The lowest BCUT2D eigenvalue weighted by Crippen LogP contribution is -2.50. The summed E-state index contributed by atoms with van der Waals surface area (Å²) in [6.45, 7) is 0.615. The third-order valence-electron chi connectivity index (χ3n) is 6.23. The Hall–Kier alpha value is -3.73. The smallest absolute Gasteiger partial charge is 0.246 e. The fraction of sp³-hybridized carbons (Fsp3) is 0.407. The van der Waals surface area contributed by atoms with E-state index in [1.165, 1.54) is 12.1 Å². The summed E-state index contributed by atoms with van der Waals surface area (Å²) in [7, 11) is -3.32. The zero-order valence-corrected chi connectivity index (χ0v) is 26.5. The predicted molar refractivity (Wildman–Crippen MR) is 177 cm³/mol. The van der Waals surface area contributed by atoms with Crippen LogP contribution in [0.4, 0.5) is 5.69 Å². The number of hydrogen-bond donors (Lipinski definition) is 7. The maximum absolute atomic E-state index is 13.1. The number of halogens is 1. The van der Waals surface area contributed by atoms with Crippen molar-refractivity contribution in [1.82, 2.24) is 5.32 Å². The highest BCUT2D eigenvalue weighted by Crippen LogP contribution is 2.33.